The Morgan fingerprint density at radius 1 is 0.444 bits per heavy atom. The highest BCUT2D eigenvalue weighted by atomic mass is 16.7. The number of oxime groups is 3. The second-order valence-corrected chi connectivity index (χ2v) is 7.05. The predicted molar refractivity (Wildman–Crippen MR) is 99.4 cm³/mol. The molecule has 0 spiro atoms. The second kappa shape index (κ2) is 8.88. The highest BCUT2D eigenvalue weighted by molar-refractivity contribution is 5.86. The van der Waals surface area contributed by atoms with Crippen molar-refractivity contribution in [2.75, 3.05) is 0 Å². The molecule has 1 aromatic rings. The van der Waals surface area contributed by atoms with Crippen LogP contribution in [-0.4, -0.2) is 32.1 Å². The summed E-state index contributed by atoms with van der Waals surface area (Å²) in [5.74, 6) is 0. The molecular weight excluding hydrogens is 348 g/mol. The highest BCUT2D eigenvalue weighted by Gasteiger charge is 2.15. The van der Waals surface area contributed by atoms with E-state index in [2.05, 4.69) is 30.4 Å². The number of hydrogen-bond acceptors (Lipinski definition) is 9. The van der Waals surface area contributed by atoms with E-state index in [1.165, 1.54) is 0 Å². The molecule has 0 saturated heterocycles. The number of nitrogens with zero attached hydrogens (tertiary/aromatic N) is 6. The third-order valence-corrected chi connectivity index (χ3v) is 4.89. The van der Waals surface area contributed by atoms with E-state index in [-0.39, 0.29) is 18.0 Å². The topological polar surface area (TPSA) is 103 Å². The lowest BCUT2D eigenvalue weighted by Gasteiger charge is -2.04. The molecular formula is C18H24N6O3. The van der Waals surface area contributed by atoms with Crippen LogP contribution in [0.1, 0.15) is 77.0 Å². The van der Waals surface area contributed by atoms with Crippen molar-refractivity contribution in [3.63, 3.8) is 0 Å². The van der Waals surface area contributed by atoms with Crippen LogP contribution in [0.15, 0.2) is 15.5 Å². The van der Waals surface area contributed by atoms with Crippen molar-refractivity contribution in [3.05, 3.63) is 0 Å². The van der Waals surface area contributed by atoms with Gasteiger partial charge in [-0.3, -0.25) is 0 Å². The molecule has 0 bridgehead atoms. The summed E-state index contributed by atoms with van der Waals surface area (Å²) in [5, 5.41) is 12.4. The number of aromatic nitrogens is 3. The van der Waals surface area contributed by atoms with Gasteiger partial charge in [0.25, 0.3) is 0 Å². The minimum absolute atomic E-state index is 0.0210. The molecule has 0 aliphatic heterocycles. The van der Waals surface area contributed by atoms with E-state index in [1.54, 1.807) is 0 Å². The summed E-state index contributed by atoms with van der Waals surface area (Å²) in [5.41, 5.74) is 3.04. The molecule has 3 aliphatic rings. The molecule has 0 unspecified atom stereocenters. The zero-order valence-corrected chi connectivity index (χ0v) is 15.4. The Labute approximate surface area is 157 Å². The summed E-state index contributed by atoms with van der Waals surface area (Å²) < 4.78 is 0. The lowest BCUT2D eigenvalue weighted by Crippen LogP contribution is -2.04. The Hall–Kier alpha value is -2.58. The van der Waals surface area contributed by atoms with Crippen LogP contribution in [0, 0.1) is 0 Å². The van der Waals surface area contributed by atoms with Crippen LogP contribution in [0.25, 0.3) is 0 Å². The summed E-state index contributed by atoms with van der Waals surface area (Å²) >= 11 is 0. The summed E-state index contributed by atoms with van der Waals surface area (Å²) in [6, 6.07) is 0.0629. The molecule has 4 rings (SSSR count). The first kappa shape index (κ1) is 17.8. The van der Waals surface area contributed by atoms with E-state index in [0.717, 1.165) is 94.2 Å². The number of hydrogen-bond donors (Lipinski definition) is 0. The average molecular weight is 372 g/mol. The SMILES string of the molecule is C1CCC(=NOc2nc(ON=C3CCCC3)nc(ON=C3CCCC3)n2)C1. The molecule has 0 radical (unpaired) electrons. The van der Waals surface area contributed by atoms with Gasteiger partial charge in [-0.1, -0.05) is 15.5 Å². The van der Waals surface area contributed by atoms with Gasteiger partial charge in [0.1, 0.15) is 0 Å². The monoisotopic (exact) mass is 372 g/mol. The van der Waals surface area contributed by atoms with Crippen LogP contribution in [0.3, 0.4) is 0 Å². The van der Waals surface area contributed by atoms with E-state index in [1.807, 2.05) is 0 Å². The van der Waals surface area contributed by atoms with Gasteiger partial charge in [0.15, 0.2) is 0 Å². The first-order valence-electron chi connectivity index (χ1n) is 9.79. The van der Waals surface area contributed by atoms with Crippen LogP contribution < -0.4 is 14.5 Å². The normalized spacial score (nSPS) is 19.3. The highest BCUT2D eigenvalue weighted by Crippen LogP contribution is 2.20. The maximum atomic E-state index is 5.38. The Morgan fingerprint density at radius 3 is 0.963 bits per heavy atom. The molecule has 144 valence electrons. The lowest BCUT2D eigenvalue weighted by atomic mass is 10.3. The van der Waals surface area contributed by atoms with Crippen LogP contribution in [0.4, 0.5) is 0 Å². The second-order valence-electron chi connectivity index (χ2n) is 7.05. The van der Waals surface area contributed by atoms with E-state index in [0.29, 0.717) is 0 Å². The molecule has 3 fully saturated rings. The Kier molecular flexibility index (Phi) is 5.86. The Bertz CT molecular complexity index is 625. The Balaban J connectivity index is 1.49. The van der Waals surface area contributed by atoms with Crippen LogP contribution >= 0.6 is 0 Å². The predicted octanol–water partition coefficient (Wildman–Crippen LogP) is 3.80. The fraction of sp³-hybridized carbons (Fsp3) is 0.667. The molecule has 1 aromatic heterocycles. The third kappa shape index (κ3) is 5.21. The van der Waals surface area contributed by atoms with Gasteiger partial charge in [0.05, 0.1) is 17.1 Å². The van der Waals surface area contributed by atoms with Crippen LogP contribution in [0.5, 0.6) is 18.0 Å². The first-order valence-corrected chi connectivity index (χ1v) is 9.79. The molecule has 0 N–H and O–H groups in total. The molecule has 3 aliphatic carbocycles. The molecule has 0 amide bonds. The fourth-order valence-corrected chi connectivity index (χ4v) is 3.38. The zero-order valence-electron chi connectivity index (χ0n) is 15.4. The van der Waals surface area contributed by atoms with Crippen molar-refractivity contribution in [1.82, 2.24) is 15.0 Å². The Morgan fingerprint density at radius 2 is 0.704 bits per heavy atom. The van der Waals surface area contributed by atoms with E-state index in [4.69, 9.17) is 14.5 Å². The smallest absolute Gasteiger partial charge is 0.315 e. The van der Waals surface area contributed by atoms with Gasteiger partial charge in [-0.25, -0.2) is 0 Å². The van der Waals surface area contributed by atoms with Gasteiger partial charge in [0, 0.05) is 0 Å². The maximum absolute atomic E-state index is 5.38. The minimum Gasteiger partial charge on any atom is -0.315 e. The van der Waals surface area contributed by atoms with Crippen molar-refractivity contribution in [3.8, 4) is 18.0 Å². The van der Waals surface area contributed by atoms with Crippen LogP contribution in [0.2, 0.25) is 0 Å². The van der Waals surface area contributed by atoms with Gasteiger partial charge < -0.3 is 14.5 Å². The minimum atomic E-state index is 0.0210. The number of rotatable bonds is 6. The average Bonchev–Trinajstić information content (AvgIpc) is 3.46. The van der Waals surface area contributed by atoms with Crippen molar-refractivity contribution >= 4 is 17.1 Å². The van der Waals surface area contributed by atoms with Crippen LogP contribution in [-0.2, 0) is 0 Å². The van der Waals surface area contributed by atoms with Crippen molar-refractivity contribution in [2.24, 2.45) is 15.5 Å². The fourth-order valence-electron chi connectivity index (χ4n) is 3.38. The molecule has 1 heterocycles. The standard InChI is InChI=1S/C18H24N6O3/c1-2-8-13(7-1)22-25-16-19-17(26-23-14-9-3-4-10-14)21-18(20-16)27-24-15-11-5-6-12-15/h1-12H2. The van der Waals surface area contributed by atoms with Crippen molar-refractivity contribution in [1.29, 1.82) is 0 Å². The van der Waals surface area contributed by atoms with E-state index in [9.17, 15) is 0 Å². The quantitative estimate of drug-likeness (QED) is 0.704. The molecule has 27 heavy (non-hydrogen) atoms. The van der Waals surface area contributed by atoms with Crippen molar-refractivity contribution in [2.45, 2.75) is 77.0 Å². The van der Waals surface area contributed by atoms with Gasteiger partial charge in [-0.15, -0.1) is 15.0 Å². The lowest BCUT2D eigenvalue weighted by molar-refractivity contribution is 0.248. The molecule has 0 aromatic carbocycles. The van der Waals surface area contributed by atoms with Crippen molar-refractivity contribution < 1.29 is 14.5 Å². The summed E-state index contributed by atoms with van der Waals surface area (Å²) in [6.45, 7) is 0. The molecule has 9 nitrogen and oxygen atoms in total. The summed E-state index contributed by atoms with van der Waals surface area (Å²) in [6.07, 6.45) is 12.5. The van der Waals surface area contributed by atoms with E-state index >= 15 is 0 Å². The largest absolute Gasteiger partial charge is 0.355 e. The maximum Gasteiger partial charge on any atom is 0.355 e. The third-order valence-electron chi connectivity index (χ3n) is 4.89. The summed E-state index contributed by atoms with van der Waals surface area (Å²) in [4.78, 5) is 28.5. The molecule has 3 saturated carbocycles. The van der Waals surface area contributed by atoms with Gasteiger partial charge in [-0.2, -0.15) is 0 Å². The van der Waals surface area contributed by atoms with Gasteiger partial charge in [0.2, 0.25) is 0 Å². The summed E-state index contributed by atoms with van der Waals surface area (Å²) in [7, 11) is 0. The van der Waals surface area contributed by atoms with Gasteiger partial charge >= 0.3 is 18.0 Å². The first-order chi connectivity index (χ1) is 13.3. The molecule has 0 atom stereocenters. The molecule has 9 heteroatoms. The zero-order chi connectivity index (χ0) is 18.3. The van der Waals surface area contributed by atoms with E-state index < -0.39 is 0 Å². The van der Waals surface area contributed by atoms with Gasteiger partial charge in [-0.05, 0) is 77.0 Å².